The maximum atomic E-state index is 12.1. The van der Waals surface area contributed by atoms with Crippen molar-refractivity contribution >= 4 is 23.3 Å². The average Bonchev–Trinajstić information content (AvgIpc) is 3.14. The summed E-state index contributed by atoms with van der Waals surface area (Å²) < 4.78 is 15.7. The molecule has 0 aliphatic rings. The molecule has 1 unspecified atom stereocenters. The van der Waals surface area contributed by atoms with Crippen molar-refractivity contribution in [3.8, 4) is 11.5 Å². The number of aliphatic imine (C=N–C) groups is 1. The van der Waals surface area contributed by atoms with Crippen molar-refractivity contribution in [2.45, 2.75) is 40.3 Å². The number of hydrogen-bond acceptors (Lipinski definition) is 7. The Kier molecular flexibility index (Phi) is 8.91. The van der Waals surface area contributed by atoms with Gasteiger partial charge < -0.3 is 24.8 Å². The van der Waals surface area contributed by atoms with E-state index in [1.165, 1.54) is 11.3 Å². The number of rotatable bonds is 9. The molecule has 2 N–H and O–H groups in total. The van der Waals surface area contributed by atoms with Crippen LogP contribution in [-0.4, -0.2) is 44.3 Å². The van der Waals surface area contributed by atoms with Gasteiger partial charge in [0.15, 0.2) is 17.5 Å². The van der Waals surface area contributed by atoms with Crippen LogP contribution in [0.4, 0.5) is 0 Å². The van der Waals surface area contributed by atoms with Gasteiger partial charge in [-0.3, -0.25) is 0 Å². The molecule has 0 spiro atoms. The number of carbonyl (C=O) groups is 1. The Morgan fingerprint density at radius 3 is 2.60 bits per heavy atom. The molecule has 8 nitrogen and oxygen atoms in total. The second-order valence-electron chi connectivity index (χ2n) is 6.44. The zero-order valence-corrected chi connectivity index (χ0v) is 19.2. The largest absolute Gasteiger partial charge is 0.493 e. The molecule has 0 fully saturated rings. The summed E-state index contributed by atoms with van der Waals surface area (Å²) in [5, 5.41) is 7.38. The molecule has 0 amide bonds. The number of aryl methyl sites for hydroxylation is 1. The molecular weight excluding hydrogens is 404 g/mol. The zero-order valence-electron chi connectivity index (χ0n) is 18.4. The van der Waals surface area contributed by atoms with E-state index >= 15 is 0 Å². The number of ether oxygens (including phenoxy) is 3. The van der Waals surface area contributed by atoms with E-state index in [1.54, 1.807) is 21.1 Å². The van der Waals surface area contributed by atoms with Crippen molar-refractivity contribution < 1.29 is 19.0 Å². The van der Waals surface area contributed by atoms with Crippen LogP contribution in [0.3, 0.4) is 0 Å². The van der Waals surface area contributed by atoms with Gasteiger partial charge >= 0.3 is 5.97 Å². The van der Waals surface area contributed by atoms with Gasteiger partial charge in [0.25, 0.3) is 0 Å². The minimum Gasteiger partial charge on any atom is -0.493 e. The van der Waals surface area contributed by atoms with E-state index < -0.39 is 0 Å². The summed E-state index contributed by atoms with van der Waals surface area (Å²) in [6.07, 6.45) is 0. The lowest BCUT2D eigenvalue weighted by molar-refractivity contribution is 0.0531. The predicted molar refractivity (Wildman–Crippen MR) is 119 cm³/mol. The van der Waals surface area contributed by atoms with Crippen LogP contribution in [0.15, 0.2) is 23.2 Å². The second kappa shape index (κ2) is 11.4. The van der Waals surface area contributed by atoms with Crippen molar-refractivity contribution in [1.29, 1.82) is 0 Å². The summed E-state index contributed by atoms with van der Waals surface area (Å²) >= 11 is 1.34. The van der Waals surface area contributed by atoms with E-state index in [-0.39, 0.29) is 12.0 Å². The number of nitrogens with zero attached hydrogens (tertiary/aromatic N) is 2. The van der Waals surface area contributed by atoms with E-state index in [0.29, 0.717) is 41.2 Å². The third-order valence-electron chi connectivity index (χ3n) is 4.21. The Balaban J connectivity index is 2.13. The summed E-state index contributed by atoms with van der Waals surface area (Å²) in [5.74, 6) is 1.67. The van der Waals surface area contributed by atoms with E-state index in [4.69, 9.17) is 14.2 Å². The minimum atomic E-state index is -0.333. The number of aromatic nitrogens is 1. The lowest BCUT2D eigenvalue weighted by Crippen LogP contribution is -2.38. The molecule has 0 saturated heterocycles. The van der Waals surface area contributed by atoms with Crippen molar-refractivity contribution in [2.24, 2.45) is 4.99 Å². The summed E-state index contributed by atoms with van der Waals surface area (Å²) in [7, 11) is 3.22. The van der Waals surface area contributed by atoms with Gasteiger partial charge in [0, 0.05) is 6.54 Å². The van der Waals surface area contributed by atoms with Crippen LogP contribution in [0.2, 0.25) is 0 Å². The Hall–Kier alpha value is -2.81. The number of methoxy groups -OCH3 is 2. The SMILES string of the molecule is CCNC(=NCc1ccc(OC)c(OC)c1)NC(C)c1nc(C)c(C(=O)OCC)s1. The highest BCUT2D eigenvalue weighted by Crippen LogP contribution is 2.28. The molecule has 30 heavy (non-hydrogen) atoms. The summed E-state index contributed by atoms with van der Waals surface area (Å²) in [5.41, 5.74) is 1.67. The van der Waals surface area contributed by atoms with Crippen molar-refractivity contribution in [1.82, 2.24) is 15.6 Å². The third-order valence-corrected chi connectivity index (χ3v) is 5.53. The van der Waals surface area contributed by atoms with Crippen molar-refractivity contribution in [2.75, 3.05) is 27.4 Å². The molecule has 1 aromatic heterocycles. The van der Waals surface area contributed by atoms with Gasteiger partial charge in [-0.05, 0) is 45.4 Å². The number of esters is 1. The van der Waals surface area contributed by atoms with Crippen LogP contribution in [0.1, 0.15) is 52.7 Å². The Labute approximate surface area is 181 Å². The molecule has 0 bridgehead atoms. The van der Waals surface area contributed by atoms with E-state index in [0.717, 1.165) is 17.1 Å². The lowest BCUT2D eigenvalue weighted by Gasteiger charge is -2.16. The molecule has 1 aromatic carbocycles. The number of guanidine groups is 1. The molecule has 9 heteroatoms. The predicted octanol–water partition coefficient (Wildman–Crippen LogP) is 3.46. The molecule has 1 atom stereocenters. The molecule has 0 aliphatic carbocycles. The van der Waals surface area contributed by atoms with Crippen LogP contribution in [0.5, 0.6) is 11.5 Å². The maximum Gasteiger partial charge on any atom is 0.350 e. The molecule has 0 saturated carbocycles. The second-order valence-corrected chi connectivity index (χ2v) is 7.47. The highest BCUT2D eigenvalue weighted by molar-refractivity contribution is 7.13. The van der Waals surface area contributed by atoms with E-state index in [9.17, 15) is 4.79 Å². The van der Waals surface area contributed by atoms with E-state index in [1.807, 2.05) is 39.0 Å². The van der Waals surface area contributed by atoms with Crippen molar-refractivity contribution in [3.63, 3.8) is 0 Å². The van der Waals surface area contributed by atoms with Gasteiger partial charge in [-0.25, -0.2) is 14.8 Å². The Bertz CT molecular complexity index is 882. The zero-order chi connectivity index (χ0) is 22.1. The topological polar surface area (TPSA) is 94.1 Å². The summed E-state index contributed by atoms with van der Waals surface area (Å²) in [6, 6.07) is 5.60. The third kappa shape index (κ3) is 6.09. The van der Waals surface area contributed by atoms with Gasteiger partial charge in [-0.1, -0.05) is 6.07 Å². The first-order valence-electron chi connectivity index (χ1n) is 9.83. The number of hydrogen-bond donors (Lipinski definition) is 2. The van der Waals surface area contributed by atoms with Crippen LogP contribution in [0, 0.1) is 6.92 Å². The van der Waals surface area contributed by atoms with Gasteiger partial charge in [-0.2, -0.15) is 0 Å². The lowest BCUT2D eigenvalue weighted by atomic mass is 10.2. The quantitative estimate of drug-likeness (QED) is 0.355. The number of nitrogens with one attached hydrogen (secondary N) is 2. The molecular formula is C21H30N4O4S. The number of thiazole rings is 1. The van der Waals surface area contributed by atoms with Crippen LogP contribution < -0.4 is 20.1 Å². The fraction of sp³-hybridized carbons (Fsp3) is 0.476. The highest BCUT2D eigenvalue weighted by Gasteiger charge is 2.20. The summed E-state index contributed by atoms with van der Waals surface area (Å²) in [6.45, 7) is 9.11. The first-order valence-corrected chi connectivity index (χ1v) is 10.6. The van der Waals surface area contributed by atoms with Crippen LogP contribution in [0.25, 0.3) is 0 Å². The Morgan fingerprint density at radius 1 is 1.23 bits per heavy atom. The van der Waals surface area contributed by atoms with Gasteiger partial charge in [0.1, 0.15) is 9.88 Å². The summed E-state index contributed by atoms with van der Waals surface area (Å²) in [4.78, 5) is 21.8. The van der Waals surface area contributed by atoms with Crippen LogP contribution in [-0.2, 0) is 11.3 Å². The average molecular weight is 435 g/mol. The fourth-order valence-electron chi connectivity index (χ4n) is 2.72. The number of carbonyl (C=O) groups excluding carboxylic acids is 1. The Morgan fingerprint density at radius 2 is 1.97 bits per heavy atom. The minimum absolute atomic E-state index is 0.125. The van der Waals surface area contributed by atoms with Gasteiger partial charge in [-0.15, -0.1) is 11.3 Å². The maximum absolute atomic E-state index is 12.1. The van der Waals surface area contributed by atoms with Gasteiger partial charge in [0.05, 0.1) is 39.1 Å². The first kappa shape index (κ1) is 23.5. The molecule has 0 radical (unpaired) electrons. The first-order chi connectivity index (χ1) is 14.4. The molecule has 164 valence electrons. The molecule has 2 rings (SSSR count). The van der Waals surface area contributed by atoms with Crippen molar-refractivity contribution in [3.05, 3.63) is 39.3 Å². The molecule has 2 aromatic rings. The molecule has 0 aliphatic heterocycles. The van der Waals surface area contributed by atoms with Gasteiger partial charge in [0.2, 0.25) is 0 Å². The smallest absolute Gasteiger partial charge is 0.350 e. The highest BCUT2D eigenvalue weighted by atomic mass is 32.1. The number of benzene rings is 1. The van der Waals surface area contributed by atoms with E-state index in [2.05, 4.69) is 20.6 Å². The molecule has 1 heterocycles. The van der Waals surface area contributed by atoms with Crippen LogP contribution >= 0.6 is 11.3 Å². The monoisotopic (exact) mass is 434 g/mol. The normalized spacial score (nSPS) is 12.3. The standard InChI is InChI=1S/C21H30N4O4S/c1-7-22-21(23-12-15-9-10-16(27-5)17(11-15)28-6)25-14(4)19-24-13(3)18(30-19)20(26)29-8-2/h9-11,14H,7-8,12H2,1-6H3,(H2,22,23,25). The fourth-order valence-corrected chi connectivity index (χ4v) is 3.69.